The van der Waals surface area contributed by atoms with Crippen LogP contribution in [0, 0.1) is 5.41 Å². The molecule has 2 rings (SSSR count). The summed E-state index contributed by atoms with van der Waals surface area (Å²) in [6.07, 6.45) is 12.1. The molecule has 16 heavy (non-hydrogen) atoms. The molecule has 2 aliphatic rings. The summed E-state index contributed by atoms with van der Waals surface area (Å²) in [5.74, 6) is 0. The Kier molecular flexibility index (Phi) is 3.91. The molecular weight excluding hydrogens is 198 g/mol. The van der Waals surface area contributed by atoms with E-state index in [0.29, 0.717) is 12.0 Å². The van der Waals surface area contributed by atoms with Gasteiger partial charge in [-0.05, 0) is 56.9 Å². The molecule has 2 nitrogen and oxygen atoms in total. The number of hydrogen-bond donors (Lipinski definition) is 2. The second-order valence-electron chi connectivity index (χ2n) is 5.99. The Hall–Kier alpha value is -0.0800. The third-order valence-corrected chi connectivity index (χ3v) is 5.07. The maximum absolute atomic E-state index is 9.23. The molecule has 0 bridgehead atoms. The Labute approximate surface area is 99.8 Å². The molecule has 1 spiro atoms. The smallest absolute Gasteiger partial charge is 0.0448 e. The predicted molar refractivity (Wildman–Crippen MR) is 67.5 cm³/mol. The minimum absolute atomic E-state index is 0.261. The molecule has 94 valence electrons. The van der Waals surface area contributed by atoms with Gasteiger partial charge in [0.05, 0.1) is 0 Å². The van der Waals surface area contributed by atoms with Crippen molar-refractivity contribution in [1.82, 2.24) is 5.32 Å². The Morgan fingerprint density at radius 3 is 2.12 bits per heavy atom. The second kappa shape index (κ2) is 5.05. The molecule has 0 unspecified atom stereocenters. The van der Waals surface area contributed by atoms with Crippen LogP contribution in [0.15, 0.2) is 0 Å². The zero-order valence-corrected chi connectivity index (χ0v) is 10.7. The molecule has 0 aromatic rings. The Morgan fingerprint density at radius 2 is 1.62 bits per heavy atom. The number of aliphatic hydroxyl groups is 1. The molecule has 2 fully saturated rings. The largest absolute Gasteiger partial charge is 0.396 e. The highest BCUT2D eigenvalue weighted by molar-refractivity contribution is 4.99. The number of rotatable bonds is 4. The molecule has 0 aliphatic heterocycles. The van der Waals surface area contributed by atoms with Crippen molar-refractivity contribution in [3.8, 4) is 0 Å². The summed E-state index contributed by atoms with van der Waals surface area (Å²) >= 11 is 0. The summed E-state index contributed by atoms with van der Waals surface area (Å²) in [7, 11) is 0. The highest BCUT2D eigenvalue weighted by atomic mass is 16.3. The van der Waals surface area contributed by atoms with Gasteiger partial charge in [0.15, 0.2) is 0 Å². The van der Waals surface area contributed by atoms with Crippen LogP contribution in [0.4, 0.5) is 0 Å². The SMILES string of the molecule is CCNC1(CCO)CCC2(CCCC2)CC1. The molecule has 2 saturated carbocycles. The van der Waals surface area contributed by atoms with Crippen molar-refractivity contribution in [3.63, 3.8) is 0 Å². The van der Waals surface area contributed by atoms with Gasteiger partial charge < -0.3 is 10.4 Å². The van der Waals surface area contributed by atoms with E-state index in [0.717, 1.165) is 13.0 Å². The van der Waals surface area contributed by atoms with E-state index in [1.807, 2.05) is 0 Å². The summed E-state index contributed by atoms with van der Waals surface area (Å²) in [6.45, 7) is 3.55. The van der Waals surface area contributed by atoms with Gasteiger partial charge in [-0.2, -0.15) is 0 Å². The maximum atomic E-state index is 9.23. The van der Waals surface area contributed by atoms with Gasteiger partial charge in [-0.15, -0.1) is 0 Å². The summed E-state index contributed by atoms with van der Waals surface area (Å²) in [5, 5.41) is 12.9. The van der Waals surface area contributed by atoms with Gasteiger partial charge in [0.2, 0.25) is 0 Å². The minimum Gasteiger partial charge on any atom is -0.396 e. The first-order chi connectivity index (χ1) is 7.74. The normalized spacial score (nSPS) is 27.4. The topological polar surface area (TPSA) is 32.3 Å². The van der Waals surface area contributed by atoms with Crippen molar-refractivity contribution in [2.45, 2.75) is 70.3 Å². The third-order valence-electron chi connectivity index (χ3n) is 5.07. The summed E-state index contributed by atoms with van der Waals surface area (Å²) in [5.41, 5.74) is 0.964. The average Bonchev–Trinajstić information content (AvgIpc) is 2.73. The van der Waals surface area contributed by atoms with Crippen LogP contribution >= 0.6 is 0 Å². The molecule has 2 heteroatoms. The number of nitrogens with one attached hydrogen (secondary N) is 1. The van der Waals surface area contributed by atoms with Gasteiger partial charge in [-0.25, -0.2) is 0 Å². The zero-order valence-electron chi connectivity index (χ0n) is 10.7. The van der Waals surface area contributed by atoms with Crippen LogP contribution in [0.3, 0.4) is 0 Å². The second-order valence-corrected chi connectivity index (χ2v) is 5.99. The quantitative estimate of drug-likeness (QED) is 0.771. The van der Waals surface area contributed by atoms with Gasteiger partial charge in [0, 0.05) is 12.1 Å². The lowest BCUT2D eigenvalue weighted by molar-refractivity contribution is 0.0898. The fourth-order valence-electron chi connectivity index (χ4n) is 3.99. The summed E-state index contributed by atoms with van der Waals surface area (Å²) in [4.78, 5) is 0. The molecule has 0 saturated heterocycles. The molecule has 0 amide bonds. The van der Waals surface area contributed by atoms with Gasteiger partial charge in [-0.3, -0.25) is 0 Å². The van der Waals surface area contributed by atoms with Crippen molar-refractivity contribution in [3.05, 3.63) is 0 Å². The number of aliphatic hydroxyl groups excluding tert-OH is 1. The lowest BCUT2D eigenvalue weighted by Gasteiger charge is -2.45. The molecule has 2 aliphatic carbocycles. The molecule has 0 atom stereocenters. The first-order valence-corrected chi connectivity index (χ1v) is 7.10. The highest BCUT2D eigenvalue weighted by Crippen LogP contribution is 2.51. The molecule has 0 heterocycles. The van der Waals surface area contributed by atoms with E-state index >= 15 is 0 Å². The van der Waals surface area contributed by atoms with Gasteiger partial charge in [0.1, 0.15) is 0 Å². The first-order valence-electron chi connectivity index (χ1n) is 7.10. The fourth-order valence-corrected chi connectivity index (χ4v) is 3.99. The Morgan fingerprint density at radius 1 is 1.00 bits per heavy atom. The lowest BCUT2D eigenvalue weighted by Crippen LogP contribution is -2.50. The van der Waals surface area contributed by atoms with E-state index in [4.69, 9.17) is 0 Å². The highest BCUT2D eigenvalue weighted by Gasteiger charge is 2.43. The molecule has 2 N–H and O–H groups in total. The standard InChI is InChI=1S/C14H27NO/c1-2-15-14(11-12-16)9-7-13(8-10-14)5-3-4-6-13/h15-16H,2-12H2,1H3. The Bertz CT molecular complexity index is 203. The van der Waals surface area contributed by atoms with Gasteiger partial charge in [-0.1, -0.05) is 19.8 Å². The van der Waals surface area contributed by atoms with Crippen molar-refractivity contribution in [2.75, 3.05) is 13.2 Å². The maximum Gasteiger partial charge on any atom is 0.0448 e. The average molecular weight is 225 g/mol. The molecule has 0 radical (unpaired) electrons. The summed E-state index contributed by atoms with van der Waals surface area (Å²) < 4.78 is 0. The van der Waals surface area contributed by atoms with Crippen molar-refractivity contribution in [2.24, 2.45) is 5.41 Å². The van der Waals surface area contributed by atoms with Crippen molar-refractivity contribution >= 4 is 0 Å². The van der Waals surface area contributed by atoms with E-state index in [-0.39, 0.29) is 5.54 Å². The van der Waals surface area contributed by atoms with Crippen LogP contribution in [0.1, 0.15) is 64.7 Å². The monoisotopic (exact) mass is 225 g/mol. The minimum atomic E-state index is 0.261. The van der Waals surface area contributed by atoms with Crippen LogP contribution in [0.5, 0.6) is 0 Å². The lowest BCUT2D eigenvalue weighted by atomic mass is 9.65. The van der Waals surface area contributed by atoms with Crippen LogP contribution in [0.25, 0.3) is 0 Å². The van der Waals surface area contributed by atoms with E-state index < -0.39 is 0 Å². The van der Waals surface area contributed by atoms with Crippen LogP contribution < -0.4 is 5.32 Å². The Balaban J connectivity index is 1.94. The zero-order chi connectivity index (χ0) is 11.5. The van der Waals surface area contributed by atoms with Gasteiger partial charge >= 0.3 is 0 Å². The predicted octanol–water partition coefficient (Wildman–Crippen LogP) is 2.85. The number of hydrogen-bond acceptors (Lipinski definition) is 2. The molecule has 0 aromatic heterocycles. The third kappa shape index (κ3) is 2.43. The van der Waals surface area contributed by atoms with Crippen molar-refractivity contribution < 1.29 is 5.11 Å². The van der Waals surface area contributed by atoms with Crippen LogP contribution in [0.2, 0.25) is 0 Å². The van der Waals surface area contributed by atoms with E-state index in [1.54, 1.807) is 0 Å². The van der Waals surface area contributed by atoms with E-state index in [2.05, 4.69) is 12.2 Å². The van der Waals surface area contributed by atoms with Gasteiger partial charge in [0.25, 0.3) is 0 Å². The summed E-state index contributed by atoms with van der Waals surface area (Å²) in [6, 6.07) is 0. The van der Waals surface area contributed by atoms with E-state index in [1.165, 1.54) is 51.4 Å². The van der Waals surface area contributed by atoms with Crippen LogP contribution in [-0.4, -0.2) is 23.8 Å². The molecule has 0 aromatic carbocycles. The molecular formula is C14H27NO. The van der Waals surface area contributed by atoms with Crippen molar-refractivity contribution in [1.29, 1.82) is 0 Å². The first kappa shape index (κ1) is 12.4. The fraction of sp³-hybridized carbons (Fsp3) is 1.00. The van der Waals surface area contributed by atoms with E-state index in [9.17, 15) is 5.11 Å². The van der Waals surface area contributed by atoms with Crippen LogP contribution in [-0.2, 0) is 0 Å².